The molecule has 1 aliphatic heterocycles. The number of hydrogen-bond acceptors (Lipinski definition) is 9. The number of ether oxygens (including phenoxy) is 1. The minimum atomic E-state index is -1.26. The van der Waals surface area contributed by atoms with E-state index in [0.29, 0.717) is 5.56 Å². The predicted octanol–water partition coefficient (Wildman–Crippen LogP) is 4.41. The highest BCUT2D eigenvalue weighted by Gasteiger charge is 2.68. The number of benzene rings is 4. The van der Waals surface area contributed by atoms with E-state index in [9.17, 15) is 34.6 Å². The number of hydrogen-bond donors (Lipinski definition) is 1. The van der Waals surface area contributed by atoms with Crippen molar-refractivity contribution in [2.45, 2.75) is 17.8 Å². The van der Waals surface area contributed by atoms with Gasteiger partial charge in [0, 0.05) is 30.3 Å². The van der Waals surface area contributed by atoms with Crippen LogP contribution in [0.1, 0.15) is 33.7 Å². The molecule has 3 amide bonds. The van der Waals surface area contributed by atoms with Gasteiger partial charge in [-0.15, -0.1) is 0 Å². The van der Waals surface area contributed by atoms with Crippen LogP contribution in [-0.4, -0.2) is 40.9 Å². The van der Waals surface area contributed by atoms with Crippen LogP contribution in [0.5, 0.6) is 5.75 Å². The Morgan fingerprint density at radius 1 is 0.894 bits per heavy atom. The normalized spacial score (nSPS) is 22.1. The summed E-state index contributed by atoms with van der Waals surface area (Å²) in [7, 11) is 1.31. The summed E-state index contributed by atoms with van der Waals surface area (Å²) in [5, 5.41) is 26.8. The Balaban J connectivity index is 1.31. The molecular weight excluding hydrogens is 606 g/mol. The molecule has 234 valence electrons. The van der Waals surface area contributed by atoms with E-state index in [1.807, 2.05) is 48.5 Å². The molecule has 1 saturated heterocycles. The van der Waals surface area contributed by atoms with Crippen molar-refractivity contribution in [3.8, 4) is 5.75 Å². The van der Waals surface area contributed by atoms with Crippen molar-refractivity contribution >= 4 is 41.0 Å². The molecule has 4 aromatic carbocycles. The molecule has 0 saturated carbocycles. The van der Waals surface area contributed by atoms with Gasteiger partial charge in [0.05, 0.1) is 52.4 Å². The number of amides is 3. The van der Waals surface area contributed by atoms with Gasteiger partial charge >= 0.3 is 0 Å². The van der Waals surface area contributed by atoms with Gasteiger partial charge in [0.2, 0.25) is 17.7 Å². The Labute approximate surface area is 266 Å². The van der Waals surface area contributed by atoms with E-state index < -0.39 is 50.7 Å². The zero-order valence-electron chi connectivity index (χ0n) is 24.7. The smallest absolute Gasteiger partial charge is 0.273 e. The zero-order chi connectivity index (χ0) is 33.0. The fourth-order valence-corrected chi connectivity index (χ4v) is 7.42. The van der Waals surface area contributed by atoms with Crippen molar-refractivity contribution in [1.29, 1.82) is 0 Å². The highest BCUT2D eigenvalue weighted by Crippen LogP contribution is 2.64. The van der Waals surface area contributed by atoms with Gasteiger partial charge in [-0.3, -0.25) is 34.6 Å². The van der Waals surface area contributed by atoms with E-state index in [1.165, 1.54) is 55.8 Å². The molecule has 4 aliphatic rings. The van der Waals surface area contributed by atoms with Gasteiger partial charge < -0.3 is 4.74 Å². The third-order valence-electron chi connectivity index (χ3n) is 9.27. The Kier molecular flexibility index (Phi) is 6.88. The standard InChI is InChI=1S/C34H25N5O8/c1-47-27-17-21(39(45)46)14-15-26(27)37-32(41)30-29-22-6-2-4-8-24(22)34(31(30)33(37)42,25-9-5-3-7-23(25)29)18-35-36-28(40)16-19-10-12-20(13-11-19)38(43)44/h2-15,17-18,29-31H,16H2,1H3,(H,36,40)/b35-18-/t29?,30-,31-,34?/m1/s1. The first-order chi connectivity index (χ1) is 22.7. The van der Waals surface area contributed by atoms with Crippen LogP contribution in [0.4, 0.5) is 17.1 Å². The predicted molar refractivity (Wildman–Crippen MR) is 168 cm³/mol. The van der Waals surface area contributed by atoms with Crippen molar-refractivity contribution in [2.75, 3.05) is 12.0 Å². The van der Waals surface area contributed by atoms with Crippen molar-refractivity contribution in [1.82, 2.24) is 5.43 Å². The lowest BCUT2D eigenvalue weighted by Crippen LogP contribution is -2.54. The van der Waals surface area contributed by atoms with E-state index in [0.717, 1.165) is 27.2 Å². The van der Waals surface area contributed by atoms with Crippen LogP contribution < -0.4 is 15.1 Å². The van der Waals surface area contributed by atoms with Crippen molar-refractivity contribution < 1.29 is 29.0 Å². The maximum absolute atomic E-state index is 14.6. The van der Waals surface area contributed by atoms with Crippen LogP contribution in [0.25, 0.3) is 0 Å². The fourth-order valence-electron chi connectivity index (χ4n) is 7.42. The van der Waals surface area contributed by atoms with Crippen molar-refractivity contribution in [2.24, 2.45) is 16.9 Å². The van der Waals surface area contributed by atoms with Crippen LogP contribution in [0.3, 0.4) is 0 Å². The molecule has 1 N–H and O–H groups in total. The van der Waals surface area contributed by atoms with Gasteiger partial charge in [0.25, 0.3) is 11.4 Å². The number of nitro groups is 2. The van der Waals surface area contributed by atoms with E-state index in [1.54, 1.807) is 0 Å². The number of methoxy groups -OCH3 is 1. The molecule has 2 bridgehead atoms. The van der Waals surface area contributed by atoms with Gasteiger partial charge in [-0.25, -0.2) is 10.3 Å². The molecule has 0 spiro atoms. The Morgan fingerprint density at radius 2 is 1.49 bits per heavy atom. The Morgan fingerprint density at radius 3 is 2.09 bits per heavy atom. The highest BCUT2D eigenvalue weighted by atomic mass is 16.6. The molecule has 0 unspecified atom stereocenters. The first-order valence-electron chi connectivity index (χ1n) is 14.6. The number of hydrazone groups is 1. The third-order valence-corrected chi connectivity index (χ3v) is 9.27. The first kappa shape index (κ1) is 29.5. The van der Waals surface area contributed by atoms with Gasteiger partial charge in [0.1, 0.15) is 5.75 Å². The van der Waals surface area contributed by atoms with Crippen molar-refractivity contribution in [3.63, 3.8) is 0 Å². The number of carbonyl (C=O) groups excluding carboxylic acids is 3. The molecule has 8 rings (SSSR count). The van der Waals surface area contributed by atoms with Crippen molar-refractivity contribution in [3.05, 3.63) is 139 Å². The maximum atomic E-state index is 14.6. The number of nitrogens with one attached hydrogen (secondary N) is 1. The van der Waals surface area contributed by atoms with Gasteiger partial charge in [0.15, 0.2) is 0 Å². The molecule has 4 aromatic rings. The minimum Gasteiger partial charge on any atom is -0.494 e. The molecule has 1 heterocycles. The summed E-state index contributed by atoms with van der Waals surface area (Å²) in [5.41, 5.74) is 4.83. The summed E-state index contributed by atoms with van der Waals surface area (Å²) >= 11 is 0. The lowest BCUT2D eigenvalue weighted by atomic mass is 9.47. The number of anilines is 1. The second kappa shape index (κ2) is 11.0. The topological polar surface area (TPSA) is 174 Å². The van der Waals surface area contributed by atoms with Crippen LogP contribution >= 0.6 is 0 Å². The van der Waals surface area contributed by atoms with E-state index >= 15 is 0 Å². The fraction of sp³-hybridized carbons (Fsp3) is 0.176. The second-order valence-electron chi connectivity index (χ2n) is 11.5. The molecule has 1 fully saturated rings. The minimum absolute atomic E-state index is 0.00291. The quantitative estimate of drug-likeness (QED) is 0.129. The SMILES string of the molecule is COc1cc([N+](=O)[O-])ccc1N1C(=O)[C@@H]2C3c4ccccc4C(/C=N\NC(=O)Cc4ccc([N+](=O)[O-])cc4)(c4ccccc43)[C@H]2C1=O. The maximum Gasteiger partial charge on any atom is 0.273 e. The molecule has 3 aliphatic carbocycles. The molecule has 2 atom stereocenters. The summed E-state index contributed by atoms with van der Waals surface area (Å²) < 4.78 is 5.42. The zero-order valence-corrected chi connectivity index (χ0v) is 24.7. The van der Waals surface area contributed by atoms with E-state index in [2.05, 4.69) is 10.5 Å². The van der Waals surface area contributed by atoms with E-state index in [-0.39, 0.29) is 29.2 Å². The van der Waals surface area contributed by atoms with Gasteiger partial charge in [-0.05, 0) is 33.9 Å². The van der Waals surface area contributed by atoms with Crippen LogP contribution in [0.2, 0.25) is 0 Å². The lowest BCUT2D eigenvalue weighted by molar-refractivity contribution is -0.385. The van der Waals surface area contributed by atoms with Crippen LogP contribution in [0.15, 0.2) is 96.1 Å². The molecule has 47 heavy (non-hydrogen) atoms. The summed E-state index contributed by atoms with van der Waals surface area (Å²) in [6.45, 7) is 0. The molecular formula is C34H25N5O8. The molecule has 13 heteroatoms. The number of carbonyl (C=O) groups is 3. The van der Waals surface area contributed by atoms with Crippen LogP contribution in [-0.2, 0) is 26.2 Å². The number of imide groups is 1. The third kappa shape index (κ3) is 4.38. The summed E-state index contributed by atoms with van der Waals surface area (Å²) in [6, 6.07) is 24.4. The summed E-state index contributed by atoms with van der Waals surface area (Å²) in [6.07, 6.45) is 1.42. The van der Waals surface area contributed by atoms with E-state index in [4.69, 9.17) is 4.74 Å². The van der Waals surface area contributed by atoms with Gasteiger partial charge in [-0.1, -0.05) is 60.7 Å². The number of nitro benzene ring substituents is 2. The molecule has 0 radical (unpaired) electrons. The average molecular weight is 632 g/mol. The largest absolute Gasteiger partial charge is 0.494 e. The van der Waals surface area contributed by atoms with Gasteiger partial charge in [-0.2, -0.15) is 5.10 Å². The summed E-state index contributed by atoms with van der Waals surface area (Å²) in [5.74, 6) is -3.73. The highest BCUT2D eigenvalue weighted by molar-refractivity contribution is 6.25. The average Bonchev–Trinajstić information content (AvgIpc) is 3.34. The number of nitrogens with zero attached hydrogens (tertiary/aromatic N) is 4. The van der Waals surface area contributed by atoms with Crippen LogP contribution in [0, 0.1) is 32.1 Å². The number of non-ortho nitro benzene ring substituents is 2. The molecule has 0 aromatic heterocycles. The second-order valence-corrected chi connectivity index (χ2v) is 11.5. The summed E-state index contributed by atoms with van der Waals surface area (Å²) in [4.78, 5) is 64.3. The Bertz CT molecular complexity index is 1990. The Hall–Kier alpha value is -6.24. The lowest BCUT2D eigenvalue weighted by Gasteiger charge is -2.52. The molecule has 13 nitrogen and oxygen atoms in total. The number of rotatable bonds is 8. The first-order valence-corrected chi connectivity index (χ1v) is 14.6. The monoisotopic (exact) mass is 631 g/mol.